The van der Waals surface area contributed by atoms with Gasteiger partial charge in [0.15, 0.2) is 11.5 Å². The third-order valence-electron chi connectivity index (χ3n) is 4.90. The number of amides is 1. The zero-order valence-corrected chi connectivity index (χ0v) is 19.8. The van der Waals surface area contributed by atoms with Gasteiger partial charge in [-0.15, -0.1) is 0 Å². The maximum Gasteiger partial charge on any atom is 0.266 e. The number of para-hydroxylation sites is 1. The molecule has 0 aliphatic heterocycles. The van der Waals surface area contributed by atoms with E-state index in [9.17, 15) is 14.4 Å². The zero-order chi connectivity index (χ0) is 23.8. The fourth-order valence-electron chi connectivity index (χ4n) is 3.18. The monoisotopic (exact) mass is 508 g/mol. The molecule has 0 atom stereocenters. The van der Waals surface area contributed by atoms with Crippen LogP contribution in [-0.4, -0.2) is 13.0 Å². The quantitative estimate of drug-likeness (QED) is 0.287. The highest BCUT2D eigenvalue weighted by Crippen LogP contribution is 2.38. The van der Waals surface area contributed by atoms with Crippen LogP contribution in [0.25, 0.3) is 6.08 Å². The van der Waals surface area contributed by atoms with Crippen LogP contribution in [0.3, 0.4) is 0 Å². The van der Waals surface area contributed by atoms with E-state index in [1.807, 2.05) is 31.2 Å². The summed E-state index contributed by atoms with van der Waals surface area (Å²) in [6.07, 6.45) is 2.22. The lowest BCUT2D eigenvalue weighted by atomic mass is 10.1. The lowest BCUT2D eigenvalue weighted by Gasteiger charge is -2.14. The number of hydrogen-bond donors (Lipinski definition) is 1. The van der Waals surface area contributed by atoms with Crippen LogP contribution in [0.4, 0.5) is 10.1 Å². The first-order chi connectivity index (χ1) is 16.0. The fourth-order valence-corrected chi connectivity index (χ4v) is 3.76. The molecule has 168 valence electrons. The van der Waals surface area contributed by atoms with E-state index in [4.69, 9.17) is 9.47 Å². The summed E-state index contributed by atoms with van der Waals surface area (Å²) >= 11 is 3.44. The molecule has 0 saturated carbocycles. The van der Waals surface area contributed by atoms with E-state index in [1.54, 1.807) is 36.4 Å². The molecule has 0 bridgehead atoms. The molecule has 1 N–H and O–H groups in total. The Morgan fingerprint density at radius 2 is 1.85 bits per heavy atom. The van der Waals surface area contributed by atoms with Crippen molar-refractivity contribution >= 4 is 33.6 Å². The minimum absolute atomic E-state index is 0.0134. The van der Waals surface area contributed by atoms with Gasteiger partial charge < -0.3 is 14.8 Å². The largest absolute Gasteiger partial charge is 0.493 e. The second-order valence-corrected chi connectivity index (χ2v) is 7.90. The first kappa shape index (κ1) is 24.0. The first-order valence-corrected chi connectivity index (χ1v) is 11.0. The van der Waals surface area contributed by atoms with Gasteiger partial charge in [-0.05, 0) is 63.8 Å². The van der Waals surface area contributed by atoms with Gasteiger partial charge in [0, 0.05) is 11.3 Å². The Bertz CT molecular complexity index is 1230. The van der Waals surface area contributed by atoms with Crippen LogP contribution >= 0.6 is 15.9 Å². The number of carbonyl (C=O) groups excluding carboxylic acids is 1. The number of halogens is 2. The molecule has 0 aliphatic rings. The Labute approximate surface area is 200 Å². The molecule has 0 fully saturated rings. The fraction of sp³-hybridized carbons (Fsp3) is 0.154. The number of benzene rings is 3. The second kappa shape index (κ2) is 11.3. The van der Waals surface area contributed by atoms with Crippen molar-refractivity contribution in [2.75, 3.05) is 12.4 Å². The average Bonchev–Trinajstić information content (AvgIpc) is 2.82. The van der Waals surface area contributed by atoms with Gasteiger partial charge in [0.05, 0.1) is 11.6 Å². The number of methoxy groups -OCH3 is 1. The normalized spacial score (nSPS) is 10.9. The Morgan fingerprint density at radius 1 is 1.15 bits per heavy atom. The number of rotatable bonds is 8. The van der Waals surface area contributed by atoms with Gasteiger partial charge >= 0.3 is 0 Å². The van der Waals surface area contributed by atoms with E-state index in [2.05, 4.69) is 21.2 Å². The maximum absolute atomic E-state index is 13.9. The van der Waals surface area contributed by atoms with Gasteiger partial charge in [0.25, 0.3) is 5.91 Å². The third kappa shape index (κ3) is 5.99. The molecule has 0 radical (unpaired) electrons. The van der Waals surface area contributed by atoms with E-state index in [-0.39, 0.29) is 18.0 Å². The van der Waals surface area contributed by atoms with E-state index in [1.165, 1.54) is 19.3 Å². The zero-order valence-electron chi connectivity index (χ0n) is 18.2. The summed E-state index contributed by atoms with van der Waals surface area (Å²) in [7, 11) is 1.48. The Hall–Kier alpha value is -3.63. The van der Waals surface area contributed by atoms with Crippen molar-refractivity contribution in [2.45, 2.75) is 20.0 Å². The standard InChI is InChI=1S/C26H22BrFN2O3/c1-3-18-8-5-7-11-23(18)30-26(31)20(15-29)12-17-13-21(27)25(24(14-17)32-2)33-16-19-9-4-6-10-22(19)28/h4-14H,3,16H2,1-2H3,(H,30,31)/b20-12+. The molecule has 5 nitrogen and oxygen atoms in total. The molecule has 1 amide bonds. The average molecular weight is 509 g/mol. The lowest BCUT2D eigenvalue weighted by Crippen LogP contribution is -2.14. The highest BCUT2D eigenvalue weighted by atomic mass is 79.9. The second-order valence-electron chi connectivity index (χ2n) is 7.05. The number of anilines is 1. The van der Waals surface area contributed by atoms with Crippen molar-refractivity contribution in [3.63, 3.8) is 0 Å². The van der Waals surface area contributed by atoms with E-state index in [0.29, 0.717) is 32.8 Å². The summed E-state index contributed by atoms with van der Waals surface area (Å²) in [6.45, 7) is 2.01. The maximum atomic E-state index is 13.9. The number of carbonyl (C=O) groups is 1. The van der Waals surface area contributed by atoms with Crippen molar-refractivity contribution in [3.8, 4) is 17.6 Å². The number of aryl methyl sites for hydroxylation is 1. The lowest BCUT2D eigenvalue weighted by molar-refractivity contribution is -0.112. The smallest absolute Gasteiger partial charge is 0.266 e. The van der Waals surface area contributed by atoms with E-state index >= 15 is 0 Å². The molecule has 0 unspecified atom stereocenters. The molecule has 3 rings (SSSR count). The van der Waals surface area contributed by atoms with Crippen molar-refractivity contribution in [3.05, 3.63) is 93.2 Å². The van der Waals surface area contributed by atoms with Gasteiger partial charge in [-0.1, -0.05) is 43.3 Å². The molecule has 0 heterocycles. The van der Waals surface area contributed by atoms with Gasteiger partial charge in [0.1, 0.15) is 24.1 Å². The highest BCUT2D eigenvalue weighted by Gasteiger charge is 2.15. The predicted molar refractivity (Wildman–Crippen MR) is 129 cm³/mol. The molecule has 0 spiro atoms. The molecule has 3 aromatic carbocycles. The SMILES string of the molecule is CCc1ccccc1NC(=O)/C(C#N)=C/c1cc(Br)c(OCc2ccccc2F)c(OC)c1. The van der Waals surface area contributed by atoms with Crippen molar-refractivity contribution in [1.82, 2.24) is 0 Å². The van der Waals surface area contributed by atoms with Crippen molar-refractivity contribution < 1.29 is 18.7 Å². The van der Waals surface area contributed by atoms with Gasteiger partial charge in [-0.3, -0.25) is 4.79 Å². The summed E-state index contributed by atoms with van der Waals surface area (Å²) in [5.74, 6) is -0.103. The van der Waals surface area contributed by atoms with Gasteiger partial charge in [-0.25, -0.2) is 4.39 Å². The number of hydrogen-bond acceptors (Lipinski definition) is 4. The topological polar surface area (TPSA) is 71.4 Å². The molecular formula is C26H22BrFN2O3. The highest BCUT2D eigenvalue weighted by molar-refractivity contribution is 9.10. The van der Waals surface area contributed by atoms with Crippen molar-refractivity contribution in [1.29, 1.82) is 5.26 Å². The minimum atomic E-state index is -0.506. The molecule has 33 heavy (non-hydrogen) atoms. The summed E-state index contributed by atoms with van der Waals surface area (Å²) < 4.78 is 25.7. The number of ether oxygens (including phenoxy) is 2. The summed E-state index contributed by atoms with van der Waals surface area (Å²) in [5, 5.41) is 12.4. The first-order valence-electron chi connectivity index (χ1n) is 10.2. The third-order valence-corrected chi connectivity index (χ3v) is 5.49. The predicted octanol–water partition coefficient (Wildman–Crippen LogP) is 6.28. The minimum Gasteiger partial charge on any atom is -0.493 e. The Morgan fingerprint density at radius 3 is 2.52 bits per heavy atom. The van der Waals surface area contributed by atoms with Crippen LogP contribution in [-0.2, 0) is 17.8 Å². The van der Waals surface area contributed by atoms with Crippen LogP contribution in [0.1, 0.15) is 23.6 Å². The van der Waals surface area contributed by atoms with E-state index in [0.717, 1.165) is 12.0 Å². The Kier molecular flexibility index (Phi) is 8.22. The van der Waals surface area contributed by atoms with Crippen LogP contribution in [0.2, 0.25) is 0 Å². The molecule has 0 aliphatic carbocycles. The van der Waals surface area contributed by atoms with Gasteiger partial charge in [0.2, 0.25) is 0 Å². The summed E-state index contributed by atoms with van der Waals surface area (Å²) in [4.78, 5) is 12.7. The van der Waals surface area contributed by atoms with Gasteiger partial charge in [-0.2, -0.15) is 5.26 Å². The van der Waals surface area contributed by atoms with Crippen LogP contribution in [0.5, 0.6) is 11.5 Å². The number of nitrogens with one attached hydrogen (secondary N) is 1. The summed E-state index contributed by atoms with van der Waals surface area (Å²) in [6, 6.07) is 19.1. The number of nitrogens with zero attached hydrogens (tertiary/aromatic N) is 1. The van der Waals surface area contributed by atoms with Crippen molar-refractivity contribution in [2.24, 2.45) is 0 Å². The molecule has 0 aromatic heterocycles. The summed E-state index contributed by atoms with van der Waals surface area (Å²) in [5.41, 5.74) is 2.55. The van der Waals surface area contributed by atoms with Crippen LogP contribution in [0.15, 0.2) is 70.7 Å². The molecule has 7 heteroatoms. The molecular weight excluding hydrogens is 487 g/mol. The Balaban J connectivity index is 1.84. The van der Waals surface area contributed by atoms with Crippen LogP contribution in [0, 0.1) is 17.1 Å². The number of nitriles is 1. The van der Waals surface area contributed by atoms with E-state index < -0.39 is 5.91 Å². The molecule has 3 aromatic rings. The molecule has 0 saturated heterocycles. The van der Waals surface area contributed by atoms with Crippen LogP contribution < -0.4 is 14.8 Å².